The second-order valence-electron chi connectivity index (χ2n) is 2.38. The number of carbonyl (C=O) groups is 1. The number of rotatable bonds is 2. The maximum atomic E-state index is 10.8. The minimum atomic E-state index is -2.84. The first kappa shape index (κ1) is 7.53. The lowest BCUT2D eigenvalue weighted by molar-refractivity contribution is -0.110. The number of carbonyl (C=O) groups excluding carboxylic acids is 1. The van der Waals surface area contributed by atoms with Gasteiger partial charge in [-0.2, -0.15) is 0 Å². The van der Waals surface area contributed by atoms with Crippen molar-refractivity contribution in [2.24, 2.45) is 0 Å². The highest BCUT2D eigenvalue weighted by Crippen LogP contribution is 2.09. The molecule has 0 spiro atoms. The summed E-state index contributed by atoms with van der Waals surface area (Å²) in [5.41, 5.74) is 0. The molecule has 1 aliphatic rings. The Balaban J connectivity index is 2.51. The monoisotopic (exact) mass is 163 g/mol. The molecule has 5 heteroatoms. The van der Waals surface area contributed by atoms with Crippen LogP contribution in [0.2, 0.25) is 0 Å². The van der Waals surface area contributed by atoms with Crippen molar-refractivity contribution in [3.63, 3.8) is 0 Å². The fourth-order valence-corrected chi connectivity index (χ4v) is 2.71. The van der Waals surface area contributed by atoms with Crippen molar-refractivity contribution >= 4 is 16.2 Å². The van der Waals surface area contributed by atoms with Gasteiger partial charge in [-0.1, -0.05) is 0 Å². The Bertz CT molecular complexity index is 221. The van der Waals surface area contributed by atoms with Crippen LogP contribution in [0.3, 0.4) is 0 Å². The molecule has 58 valence electrons. The van der Waals surface area contributed by atoms with Crippen LogP contribution in [-0.4, -0.2) is 32.4 Å². The molecule has 1 amide bonds. The van der Waals surface area contributed by atoms with Crippen molar-refractivity contribution in [3.05, 3.63) is 0 Å². The van der Waals surface area contributed by atoms with Gasteiger partial charge in [-0.05, 0) is 6.42 Å². The largest absolute Gasteiger partial charge is 0.355 e. The summed E-state index contributed by atoms with van der Waals surface area (Å²) in [6.45, 7) is 0. The van der Waals surface area contributed by atoms with Crippen LogP contribution in [0.4, 0.5) is 0 Å². The van der Waals surface area contributed by atoms with E-state index in [-0.39, 0.29) is 17.5 Å². The topological polar surface area (TPSA) is 63.2 Å². The van der Waals surface area contributed by atoms with E-state index in [9.17, 15) is 13.2 Å². The van der Waals surface area contributed by atoms with Crippen LogP contribution in [0.15, 0.2) is 0 Å². The van der Waals surface area contributed by atoms with Gasteiger partial charge in [-0.15, -0.1) is 0 Å². The summed E-state index contributed by atoms with van der Waals surface area (Å²) in [5, 5.41) is 2.44. The Hall–Kier alpha value is -0.580. The second kappa shape index (κ2) is 2.57. The molecule has 0 radical (unpaired) electrons. The van der Waals surface area contributed by atoms with E-state index < -0.39 is 9.84 Å². The van der Waals surface area contributed by atoms with E-state index in [2.05, 4.69) is 5.32 Å². The molecule has 10 heavy (non-hydrogen) atoms. The zero-order valence-electron chi connectivity index (χ0n) is 5.41. The van der Waals surface area contributed by atoms with Crippen LogP contribution in [0.1, 0.15) is 6.42 Å². The molecule has 0 unspecified atom stereocenters. The molecule has 1 aliphatic heterocycles. The molecule has 1 rings (SSSR count). The molecule has 1 N–H and O–H groups in total. The van der Waals surface area contributed by atoms with E-state index in [1.807, 2.05) is 0 Å². The predicted octanol–water partition coefficient (Wildman–Crippen LogP) is -1.08. The zero-order chi connectivity index (χ0) is 7.61. The summed E-state index contributed by atoms with van der Waals surface area (Å²) in [7, 11) is -2.84. The van der Waals surface area contributed by atoms with Crippen molar-refractivity contribution in [2.45, 2.75) is 12.5 Å². The van der Waals surface area contributed by atoms with E-state index in [4.69, 9.17) is 0 Å². The second-order valence-corrected chi connectivity index (χ2v) is 4.61. The molecular weight excluding hydrogens is 154 g/mol. The molecule has 1 atom stereocenters. The van der Waals surface area contributed by atoms with Crippen LogP contribution >= 0.6 is 0 Å². The highest BCUT2D eigenvalue weighted by Gasteiger charge is 2.26. The first-order valence-electron chi connectivity index (χ1n) is 3.04. The Morgan fingerprint density at radius 2 is 2.20 bits per heavy atom. The number of nitrogens with one attached hydrogen (secondary N) is 1. The Morgan fingerprint density at radius 3 is 2.60 bits per heavy atom. The standard InChI is InChI=1S/C5H9NO3S/c7-4-6-5-1-2-10(8,9)3-5/h4-5H,1-3H2,(H,6,7)/t5-/m1/s1. The van der Waals surface area contributed by atoms with Gasteiger partial charge in [-0.25, -0.2) is 8.42 Å². The van der Waals surface area contributed by atoms with Gasteiger partial charge < -0.3 is 5.32 Å². The molecule has 0 saturated carbocycles. The zero-order valence-corrected chi connectivity index (χ0v) is 6.23. The third kappa shape index (κ3) is 1.70. The van der Waals surface area contributed by atoms with Gasteiger partial charge in [-0.3, -0.25) is 4.79 Å². The van der Waals surface area contributed by atoms with Gasteiger partial charge >= 0.3 is 0 Å². The molecule has 1 heterocycles. The van der Waals surface area contributed by atoms with Crippen LogP contribution in [0.25, 0.3) is 0 Å². The van der Waals surface area contributed by atoms with Gasteiger partial charge in [0.05, 0.1) is 11.5 Å². The van der Waals surface area contributed by atoms with Gasteiger partial charge in [0, 0.05) is 6.04 Å². The lowest BCUT2D eigenvalue weighted by Crippen LogP contribution is -2.28. The normalized spacial score (nSPS) is 29.8. The van der Waals surface area contributed by atoms with Crippen LogP contribution < -0.4 is 5.32 Å². The molecule has 1 fully saturated rings. The smallest absolute Gasteiger partial charge is 0.207 e. The van der Waals surface area contributed by atoms with Crippen LogP contribution in [-0.2, 0) is 14.6 Å². The number of hydrogen-bond acceptors (Lipinski definition) is 3. The third-order valence-electron chi connectivity index (χ3n) is 1.54. The number of amides is 1. The van der Waals surface area contributed by atoms with Gasteiger partial charge in [0.15, 0.2) is 9.84 Å². The fourth-order valence-electron chi connectivity index (χ4n) is 1.02. The summed E-state index contributed by atoms with van der Waals surface area (Å²) >= 11 is 0. The fraction of sp³-hybridized carbons (Fsp3) is 0.800. The highest BCUT2D eigenvalue weighted by atomic mass is 32.2. The maximum absolute atomic E-state index is 10.8. The Labute approximate surface area is 59.5 Å². The molecule has 0 aromatic heterocycles. The highest BCUT2D eigenvalue weighted by molar-refractivity contribution is 7.91. The SMILES string of the molecule is O=CN[C@@H]1CCS(=O)(=O)C1. The molecular formula is C5H9NO3S. The van der Waals surface area contributed by atoms with Crippen molar-refractivity contribution in [1.82, 2.24) is 5.32 Å². The molecule has 4 nitrogen and oxygen atoms in total. The summed E-state index contributed by atoms with van der Waals surface area (Å²) in [5.74, 6) is 0.310. The Kier molecular flexibility index (Phi) is 1.94. The van der Waals surface area contributed by atoms with E-state index in [0.29, 0.717) is 12.8 Å². The van der Waals surface area contributed by atoms with Crippen LogP contribution in [0, 0.1) is 0 Å². The average molecular weight is 163 g/mol. The minimum Gasteiger partial charge on any atom is -0.355 e. The summed E-state index contributed by atoms with van der Waals surface area (Å²) in [6, 6.07) is -0.150. The summed E-state index contributed by atoms with van der Waals surface area (Å²) < 4.78 is 21.5. The quantitative estimate of drug-likeness (QED) is 0.527. The Morgan fingerprint density at radius 1 is 1.50 bits per heavy atom. The lowest BCUT2D eigenvalue weighted by atomic mass is 10.3. The number of hydrogen-bond donors (Lipinski definition) is 1. The maximum Gasteiger partial charge on any atom is 0.207 e. The van der Waals surface area contributed by atoms with Crippen molar-refractivity contribution < 1.29 is 13.2 Å². The van der Waals surface area contributed by atoms with E-state index in [1.165, 1.54) is 0 Å². The van der Waals surface area contributed by atoms with Crippen molar-refractivity contribution in [1.29, 1.82) is 0 Å². The third-order valence-corrected chi connectivity index (χ3v) is 3.30. The minimum absolute atomic E-state index is 0.103. The van der Waals surface area contributed by atoms with Gasteiger partial charge in [0.25, 0.3) is 0 Å². The summed E-state index contributed by atoms with van der Waals surface area (Å²) in [4.78, 5) is 9.87. The average Bonchev–Trinajstić information content (AvgIpc) is 2.12. The first-order chi connectivity index (χ1) is 4.64. The predicted molar refractivity (Wildman–Crippen MR) is 36.3 cm³/mol. The van der Waals surface area contributed by atoms with Crippen LogP contribution in [0.5, 0.6) is 0 Å². The van der Waals surface area contributed by atoms with E-state index >= 15 is 0 Å². The molecule has 0 aromatic rings. The van der Waals surface area contributed by atoms with E-state index in [0.717, 1.165) is 0 Å². The molecule has 1 saturated heterocycles. The number of sulfone groups is 1. The van der Waals surface area contributed by atoms with Gasteiger partial charge in [0.2, 0.25) is 6.41 Å². The molecule has 0 bridgehead atoms. The van der Waals surface area contributed by atoms with Crippen molar-refractivity contribution in [3.8, 4) is 0 Å². The van der Waals surface area contributed by atoms with E-state index in [1.54, 1.807) is 0 Å². The van der Waals surface area contributed by atoms with Gasteiger partial charge in [0.1, 0.15) is 0 Å². The summed E-state index contributed by atoms with van der Waals surface area (Å²) in [6.07, 6.45) is 1.10. The first-order valence-corrected chi connectivity index (χ1v) is 4.86. The molecule has 0 aliphatic carbocycles. The lowest BCUT2D eigenvalue weighted by Gasteiger charge is -2.02. The van der Waals surface area contributed by atoms with Crippen molar-refractivity contribution in [2.75, 3.05) is 11.5 Å². The molecule has 0 aromatic carbocycles.